The van der Waals surface area contributed by atoms with Gasteiger partial charge in [0.05, 0.1) is 19.8 Å². The van der Waals surface area contributed by atoms with E-state index in [0.717, 1.165) is 18.8 Å². The van der Waals surface area contributed by atoms with Gasteiger partial charge in [0.25, 0.3) is 5.91 Å². The van der Waals surface area contributed by atoms with E-state index in [1.54, 1.807) is 7.05 Å². The summed E-state index contributed by atoms with van der Waals surface area (Å²) in [4.78, 5) is 39.7. The second-order valence-corrected chi connectivity index (χ2v) is 6.82. The van der Waals surface area contributed by atoms with Crippen LogP contribution in [0.5, 0.6) is 0 Å². The number of rotatable bonds is 5. The van der Waals surface area contributed by atoms with Crippen molar-refractivity contribution >= 4 is 34.8 Å². The maximum Gasteiger partial charge on any atom is 0.270 e. The van der Waals surface area contributed by atoms with Crippen LogP contribution in [-0.2, 0) is 19.1 Å². The molecule has 3 rings (SSSR count). The Kier molecular flexibility index (Phi) is 6.25. The summed E-state index contributed by atoms with van der Waals surface area (Å²) in [7, 11) is 3.06. The number of morpholine rings is 1. The smallest absolute Gasteiger partial charge is 0.270 e. The lowest BCUT2D eigenvalue weighted by Crippen LogP contribution is -2.41. The monoisotopic (exact) mass is 387 g/mol. The Labute approximate surface area is 163 Å². The number of nitrogens with one attached hydrogen (secondary N) is 1. The zero-order valence-electron chi connectivity index (χ0n) is 16.2. The molecule has 28 heavy (non-hydrogen) atoms. The highest BCUT2D eigenvalue weighted by atomic mass is 16.5. The van der Waals surface area contributed by atoms with Crippen molar-refractivity contribution < 1.29 is 19.1 Å². The zero-order valence-corrected chi connectivity index (χ0v) is 16.2. The highest BCUT2D eigenvalue weighted by molar-refractivity contribution is 6.39. The molecule has 1 fully saturated rings. The first-order valence-electron chi connectivity index (χ1n) is 9.26. The maximum atomic E-state index is 12.4. The lowest BCUT2D eigenvalue weighted by atomic mass is 10.1. The van der Waals surface area contributed by atoms with Gasteiger partial charge in [-0.1, -0.05) is 0 Å². The minimum atomic E-state index is -0.350. The van der Waals surface area contributed by atoms with Crippen molar-refractivity contribution in [1.29, 1.82) is 0 Å². The number of amides is 3. The second kappa shape index (κ2) is 8.83. The molecular formula is C19H25N5O4. The van der Waals surface area contributed by atoms with E-state index in [-0.39, 0.29) is 42.8 Å². The van der Waals surface area contributed by atoms with E-state index in [2.05, 4.69) is 15.3 Å². The van der Waals surface area contributed by atoms with E-state index in [4.69, 9.17) is 4.74 Å². The summed E-state index contributed by atoms with van der Waals surface area (Å²) in [5.41, 5.74) is 2.04. The molecule has 0 atom stereocenters. The third kappa shape index (κ3) is 4.86. The fourth-order valence-corrected chi connectivity index (χ4v) is 3.11. The van der Waals surface area contributed by atoms with Gasteiger partial charge in [-0.05, 0) is 24.3 Å². The lowest BCUT2D eigenvalue weighted by Gasteiger charge is -2.29. The van der Waals surface area contributed by atoms with Gasteiger partial charge in [0, 0.05) is 51.4 Å². The van der Waals surface area contributed by atoms with Crippen LogP contribution in [0, 0.1) is 0 Å². The Balaban J connectivity index is 1.52. The molecule has 0 bridgehead atoms. The molecule has 1 N–H and O–H groups in total. The molecule has 2 heterocycles. The largest absolute Gasteiger partial charge is 0.378 e. The lowest BCUT2D eigenvalue weighted by molar-refractivity contribution is -0.131. The number of likely N-dealkylation sites (N-methyl/N-ethyl adjacent to an activating group) is 1. The van der Waals surface area contributed by atoms with Gasteiger partial charge in [-0.2, -0.15) is 5.10 Å². The van der Waals surface area contributed by atoms with E-state index in [1.165, 1.54) is 17.0 Å². The third-order valence-corrected chi connectivity index (χ3v) is 4.71. The predicted octanol–water partition coefficient (Wildman–Crippen LogP) is 0.528. The first-order chi connectivity index (χ1) is 13.4. The standard InChI is InChI=1S/C19H25N5O4/c1-22(19(27)16-7-8-18(26)23(2)21-16)13-17(25)20-14-3-5-15(6-4-14)24-9-11-28-12-10-24/h3-6H,7-13H2,1-2H3,(H,20,25). The predicted molar refractivity (Wildman–Crippen MR) is 105 cm³/mol. The van der Waals surface area contributed by atoms with Crippen LogP contribution in [0.1, 0.15) is 12.8 Å². The number of hydrogen-bond acceptors (Lipinski definition) is 6. The number of hydrogen-bond donors (Lipinski definition) is 1. The summed E-state index contributed by atoms with van der Waals surface area (Å²) in [5.74, 6) is -0.773. The number of carbonyl (C=O) groups excluding carboxylic acids is 3. The highest BCUT2D eigenvalue weighted by Crippen LogP contribution is 2.19. The van der Waals surface area contributed by atoms with Crippen LogP contribution in [0.15, 0.2) is 29.4 Å². The van der Waals surface area contributed by atoms with Crippen molar-refractivity contribution in [1.82, 2.24) is 9.91 Å². The Morgan fingerprint density at radius 3 is 2.50 bits per heavy atom. The minimum absolute atomic E-state index is 0.0965. The van der Waals surface area contributed by atoms with Gasteiger partial charge in [-0.15, -0.1) is 0 Å². The van der Waals surface area contributed by atoms with Crippen LogP contribution < -0.4 is 10.2 Å². The minimum Gasteiger partial charge on any atom is -0.378 e. The summed E-state index contributed by atoms with van der Waals surface area (Å²) in [6, 6.07) is 7.60. The first kappa shape index (κ1) is 19.8. The highest BCUT2D eigenvalue weighted by Gasteiger charge is 2.25. The van der Waals surface area contributed by atoms with E-state index < -0.39 is 0 Å². The van der Waals surface area contributed by atoms with Gasteiger partial charge >= 0.3 is 0 Å². The average molecular weight is 387 g/mol. The van der Waals surface area contributed by atoms with E-state index >= 15 is 0 Å². The van der Waals surface area contributed by atoms with Gasteiger partial charge in [-0.3, -0.25) is 14.4 Å². The summed E-state index contributed by atoms with van der Waals surface area (Å²) in [6.45, 7) is 3.04. The van der Waals surface area contributed by atoms with Crippen LogP contribution in [0.25, 0.3) is 0 Å². The van der Waals surface area contributed by atoms with E-state index in [1.807, 2.05) is 24.3 Å². The Hall–Kier alpha value is -2.94. The molecular weight excluding hydrogens is 362 g/mol. The van der Waals surface area contributed by atoms with Gasteiger partial charge in [-0.25, -0.2) is 5.01 Å². The van der Waals surface area contributed by atoms with Crippen LogP contribution in [0.3, 0.4) is 0 Å². The van der Waals surface area contributed by atoms with Crippen molar-refractivity contribution in [2.24, 2.45) is 5.10 Å². The fraction of sp³-hybridized carbons (Fsp3) is 0.474. The molecule has 150 valence electrons. The molecule has 9 heteroatoms. The molecule has 0 radical (unpaired) electrons. The number of carbonyl (C=O) groups is 3. The molecule has 2 aliphatic heterocycles. The van der Waals surface area contributed by atoms with Gasteiger partial charge in [0.2, 0.25) is 11.8 Å². The van der Waals surface area contributed by atoms with Gasteiger partial charge in [0.15, 0.2) is 0 Å². The first-order valence-corrected chi connectivity index (χ1v) is 9.26. The SMILES string of the molecule is CN(CC(=O)Nc1ccc(N2CCOCC2)cc1)C(=O)C1=NN(C)C(=O)CC1. The summed E-state index contributed by atoms with van der Waals surface area (Å²) in [5, 5.41) is 7.96. The molecule has 0 aromatic heterocycles. The number of anilines is 2. The summed E-state index contributed by atoms with van der Waals surface area (Å²) >= 11 is 0. The molecule has 0 unspecified atom stereocenters. The van der Waals surface area contributed by atoms with Crippen molar-refractivity contribution in [3.63, 3.8) is 0 Å². The number of nitrogens with zero attached hydrogens (tertiary/aromatic N) is 4. The number of hydrazone groups is 1. The topological polar surface area (TPSA) is 94.6 Å². The van der Waals surface area contributed by atoms with Crippen molar-refractivity contribution in [2.45, 2.75) is 12.8 Å². The van der Waals surface area contributed by atoms with Gasteiger partial charge < -0.3 is 19.9 Å². The third-order valence-electron chi connectivity index (χ3n) is 4.71. The quantitative estimate of drug-likeness (QED) is 0.795. The second-order valence-electron chi connectivity index (χ2n) is 6.82. The zero-order chi connectivity index (χ0) is 20.1. The van der Waals surface area contributed by atoms with E-state index in [0.29, 0.717) is 18.9 Å². The van der Waals surface area contributed by atoms with Crippen LogP contribution in [0.2, 0.25) is 0 Å². The summed E-state index contributed by atoms with van der Waals surface area (Å²) < 4.78 is 5.35. The number of benzene rings is 1. The average Bonchev–Trinajstić information content (AvgIpc) is 2.70. The van der Waals surface area contributed by atoms with Gasteiger partial charge in [0.1, 0.15) is 5.71 Å². The maximum absolute atomic E-state index is 12.4. The van der Waals surface area contributed by atoms with Crippen LogP contribution in [-0.4, -0.2) is 80.3 Å². The molecule has 0 saturated carbocycles. The molecule has 0 aliphatic carbocycles. The Morgan fingerprint density at radius 1 is 1.18 bits per heavy atom. The molecule has 3 amide bonds. The molecule has 1 saturated heterocycles. The van der Waals surface area contributed by atoms with Crippen LogP contribution >= 0.6 is 0 Å². The van der Waals surface area contributed by atoms with E-state index in [9.17, 15) is 14.4 Å². The number of ether oxygens (including phenoxy) is 1. The Bertz CT molecular complexity index is 771. The molecule has 9 nitrogen and oxygen atoms in total. The molecule has 2 aliphatic rings. The Morgan fingerprint density at radius 2 is 1.86 bits per heavy atom. The van der Waals surface area contributed by atoms with Crippen molar-refractivity contribution in [3.05, 3.63) is 24.3 Å². The summed E-state index contributed by atoms with van der Waals surface area (Å²) in [6.07, 6.45) is 0.535. The van der Waals surface area contributed by atoms with Crippen LogP contribution in [0.4, 0.5) is 11.4 Å². The molecule has 1 aromatic carbocycles. The normalized spacial score (nSPS) is 17.2. The van der Waals surface area contributed by atoms with Crippen molar-refractivity contribution in [3.8, 4) is 0 Å². The fourth-order valence-electron chi connectivity index (χ4n) is 3.11. The molecule has 0 spiro atoms. The van der Waals surface area contributed by atoms with Crippen molar-refractivity contribution in [2.75, 3.05) is 57.2 Å². The molecule has 1 aromatic rings.